The van der Waals surface area contributed by atoms with Crippen LogP contribution >= 0.6 is 0 Å². The average Bonchev–Trinajstić information content (AvgIpc) is 3.13. The van der Waals surface area contributed by atoms with Crippen LogP contribution in [0.5, 0.6) is 0 Å². The molecule has 0 aromatic rings. The second-order valence-corrected chi connectivity index (χ2v) is 4.52. The molecule has 0 heterocycles. The molecular formula is C12H20N2O4. The summed E-state index contributed by atoms with van der Waals surface area (Å²) in [4.78, 5) is 32.8. The third-order valence-electron chi connectivity index (χ3n) is 2.74. The van der Waals surface area contributed by atoms with Crippen molar-refractivity contribution in [1.29, 1.82) is 0 Å². The summed E-state index contributed by atoms with van der Waals surface area (Å²) in [6.07, 6.45) is 3.48. The van der Waals surface area contributed by atoms with E-state index in [4.69, 9.17) is 5.11 Å². The molecule has 0 saturated heterocycles. The van der Waals surface area contributed by atoms with Crippen molar-refractivity contribution in [2.45, 2.75) is 38.5 Å². The standard InChI is InChI=1S/C12H20N2O4/c15-10(3-1-2-4-11(16)17)13-7-8-14-12(18)9-5-6-9/h9H,1-8H2,(H,13,15)(H,14,18)(H,16,17). The van der Waals surface area contributed by atoms with Crippen LogP contribution in [0.15, 0.2) is 0 Å². The predicted molar refractivity (Wildman–Crippen MR) is 64.8 cm³/mol. The van der Waals surface area contributed by atoms with Crippen molar-refractivity contribution in [1.82, 2.24) is 10.6 Å². The molecule has 1 rings (SSSR count). The van der Waals surface area contributed by atoms with E-state index in [0.29, 0.717) is 32.4 Å². The van der Waals surface area contributed by atoms with Gasteiger partial charge in [0, 0.05) is 31.8 Å². The van der Waals surface area contributed by atoms with Crippen LogP contribution in [0.2, 0.25) is 0 Å². The fraction of sp³-hybridized carbons (Fsp3) is 0.750. The molecule has 18 heavy (non-hydrogen) atoms. The van der Waals surface area contributed by atoms with Crippen molar-refractivity contribution in [3.8, 4) is 0 Å². The normalized spacial score (nSPS) is 14.0. The third kappa shape index (κ3) is 6.88. The fourth-order valence-electron chi connectivity index (χ4n) is 1.53. The van der Waals surface area contributed by atoms with Crippen LogP contribution in [0, 0.1) is 5.92 Å². The lowest BCUT2D eigenvalue weighted by Gasteiger charge is -2.06. The van der Waals surface area contributed by atoms with Gasteiger partial charge in [-0.15, -0.1) is 0 Å². The van der Waals surface area contributed by atoms with E-state index in [1.807, 2.05) is 0 Å². The van der Waals surface area contributed by atoms with E-state index in [1.54, 1.807) is 0 Å². The molecule has 0 bridgehead atoms. The highest BCUT2D eigenvalue weighted by Crippen LogP contribution is 2.28. The van der Waals surface area contributed by atoms with Gasteiger partial charge in [0.25, 0.3) is 0 Å². The van der Waals surface area contributed by atoms with Crippen molar-refractivity contribution in [3.63, 3.8) is 0 Å². The first-order valence-corrected chi connectivity index (χ1v) is 6.36. The van der Waals surface area contributed by atoms with E-state index >= 15 is 0 Å². The van der Waals surface area contributed by atoms with Crippen LogP contribution < -0.4 is 10.6 Å². The highest BCUT2D eigenvalue weighted by Gasteiger charge is 2.28. The number of rotatable bonds is 9. The number of hydrogen-bond donors (Lipinski definition) is 3. The molecule has 102 valence electrons. The molecule has 0 aliphatic heterocycles. The van der Waals surface area contributed by atoms with Crippen LogP contribution in [0.4, 0.5) is 0 Å². The first kappa shape index (κ1) is 14.5. The minimum Gasteiger partial charge on any atom is -0.481 e. The molecule has 1 aliphatic carbocycles. The number of amides is 2. The summed E-state index contributed by atoms with van der Waals surface area (Å²) in [6.45, 7) is 0.881. The Kier molecular flexibility index (Phi) is 6.18. The lowest BCUT2D eigenvalue weighted by molar-refractivity contribution is -0.137. The maximum Gasteiger partial charge on any atom is 0.303 e. The average molecular weight is 256 g/mol. The van der Waals surface area contributed by atoms with Crippen LogP contribution in [-0.4, -0.2) is 36.0 Å². The molecule has 2 amide bonds. The minimum absolute atomic E-state index is 0.0747. The lowest BCUT2D eigenvalue weighted by atomic mass is 10.2. The summed E-state index contributed by atoms with van der Waals surface area (Å²) < 4.78 is 0. The molecule has 0 aromatic heterocycles. The molecule has 0 spiro atoms. The smallest absolute Gasteiger partial charge is 0.303 e. The maximum atomic E-state index is 11.3. The maximum absolute atomic E-state index is 11.3. The Morgan fingerprint density at radius 3 is 2.22 bits per heavy atom. The van der Waals surface area contributed by atoms with E-state index < -0.39 is 5.97 Å². The predicted octanol–water partition coefficient (Wildman–Crippen LogP) is 0.274. The van der Waals surface area contributed by atoms with Gasteiger partial charge in [0.2, 0.25) is 11.8 Å². The summed E-state index contributed by atoms with van der Waals surface area (Å²) in [5.41, 5.74) is 0. The van der Waals surface area contributed by atoms with Gasteiger partial charge in [-0.05, 0) is 25.7 Å². The largest absolute Gasteiger partial charge is 0.481 e. The molecule has 0 radical (unpaired) electrons. The van der Waals surface area contributed by atoms with Crippen molar-refractivity contribution < 1.29 is 19.5 Å². The van der Waals surface area contributed by atoms with Gasteiger partial charge < -0.3 is 15.7 Å². The van der Waals surface area contributed by atoms with Crippen LogP contribution in [0.25, 0.3) is 0 Å². The van der Waals surface area contributed by atoms with Crippen molar-refractivity contribution in [3.05, 3.63) is 0 Å². The van der Waals surface area contributed by atoms with Crippen LogP contribution in [0.3, 0.4) is 0 Å². The Balaban J connectivity index is 1.89. The second kappa shape index (κ2) is 7.68. The molecular weight excluding hydrogens is 236 g/mol. The highest BCUT2D eigenvalue weighted by molar-refractivity contribution is 5.81. The van der Waals surface area contributed by atoms with E-state index in [2.05, 4.69) is 10.6 Å². The molecule has 6 heteroatoms. The van der Waals surface area contributed by atoms with Crippen molar-refractivity contribution in [2.75, 3.05) is 13.1 Å². The van der Waals surface area contributed by atoms with E-state index in [-0.39, 0.29) is 24.2 Å². The summed E-state index contributed by atoms with van der Waals surface area (Å²) in [6, 6.07) is 0. The van der Waals surface area contributed by atoms with E-state index in [9.17, 15) is 14.4 Å². The highest BCUT2D eigenvalue weighted by atomic mass is 16.4. The topological polar surface area (TPSA) is 95.5 Å². The molecule has 0 unspecified atom stereocenters. The zero-order chi connectivity index (χ0) is 13.4. The minimum atomic E-state index is -0.835. The molecule has 3 N–H and O–H groups in total. The Bertz CT molecular complexity index is 313. The van der Waals surface area contributed by atoms with Crippen LogP contribution in [0.1, 0.15) is 38.5 Å². The number of carboxylic acid groups (broad SMARTS) is 1. The number of carbonyl (C=O) groups excluding carboxylic acids is 2. The first-order chi connectivity index (χ1) is 8.59. The molecule has 6 nitrogen and oxygen atoms in total. The van der Waals surface area contributed by atoms with Crippen molar-refractivity contribution >= 4 is 17.8 Å². The fourth-order valence-corrected chi connectivity index (χ4v) is 1.53. The number of carbonyl (C=O) groups is 3. The zero-order valence-corrected chi connectivity index (χ0v) is 10.4. The SMILES string of the molecule is O=C(O)CCCCC(=O)NCCNC(=O)C1CC1. The van der Waals surface area contributed by atoms with Gasteiger partial charge in [0.05, 0.1) is 0 Å². The van der Waals surface area contributed by atoms with Gasteiger partial charge in [0.15, 0.2) is 0 Å². The van der Waals surface area contributed by atoms with Gasteiger partial charge in [0.1, 0.15) is 0 Å². The number of carboxylic acids is 1. The van der Waals surface area contributed by atoms with Gasteiger partial charge in [-0.25, -0.2) is 0 Å². The second-order valence-electron chi connectivity index (χ2n) is 4.52. The Morgan fingerprint density at radius 2 is 1.61 bits per heavy atom. The number of nitrogens with one attached hydrogen (secondary N) is 2. The lowest BCUT2D eigenvalue weighted by Crippen LogP contribution is -2.35. The van der Waals surface area contributed by atoms with E-state index in [1.165, 1.54) is 0 Å². The van der Waals surface area contributed by atoms with Gasteiger partial charge in [-0.3, -0.25) is 14.4 Å². The summed E-state index contributed by atoms with van der Waals surface area (Å²) in [5.74, 6) is -0.665. The molecule has 1 saturated carbocycles. The number of hydrogen-bond acceptors (Lipinski definition) is 3. The monoisotopic (exact) mass is 256 g/mol. The van der Waals surface area contributed by atoms with Crippen LogP contribution in [-0.2, 0) is 14.4 Å². The summed E-state index contributed by atoms with van der Waals surface area (Å²) in [5, 5.41) is 13.8. The molecule has 0 aromatic carbocycles. The van der Waals surface area contributed by atoms with E-state index in [0.717, 1.165) is 12.8 Å². The summed E-state index contributed by atoms with van der Waals surface area (Å²) in [7, 11) is 0. The van der Waals surface area contributed by atoms with Gasteiger partial charge >= 0.3 is 5.97 Å². The number of unbranched alkanes of at least 4 members (excludes halogenated alkanes) is 1. The van der Waals surface area contributed by atoms with Gasteiger partial charge in [-0.1, -0.05) is 0 Å². The Hall–Kier alpha value is -1.59. The Morgan fingerprint density at radius 1 is 1.00 bits per heavy atom. The molecule has 1 aliphatic rings. The van der Waals surface area contributed by atoms with Crippen molar-refractivity contribution in [2.24, 2.45) is 5.92 Å². The molecule has 0 atom stereocenters. The number of aliphatic carboxylic acids is 1. The summed E-state index contributed by atoms with van der Waals surface area (Å²) >= 11 is 0. The zero-order valence-electron chi connectivity index (χ0n) is 10.4. The van der Waals surface area contributed by atoms with Gasteiger partial charge in [-0.2, -0.15) is 0 Å². The molecule has 1 fully saturated rings. The quantitative estimate of drug-likeness (QED) is 0.516. The third-order valence-corrected chi connectivity index (χ3v) is 2.74. The Labute approximate surface area is 106 Å². The first-order valence-electron chi connectivity index (χ1n) is 6.36.